The van der Waals surface area contributed by atoms with E-state index in [4.69, 9.17) is 5.73 Å². The van der Waals surface area contributed by atoms with Crippen molar-refractivity contribution >= 4 is 23.4 Å². The molecule has 1 heterocycles. The molecule has 0 aliphatic carbocycles. The number of nitrogens with zero attached hydrogens (tertiary/aromatic N) is 1. The van der Waals surface area contributed by atoms with E-state index in [9.17, 15) is 28.9 Å². The largest absolute Gasteiger partial charge is 0.368 e. The third kappa shape index (κ3) is 4.03. The summed E-state index contributed by atoms with van der Waals surface area (Å²) in [5.74, 6) is -2.68. The van der Waals surface area contributed by atoms with Crippen molar-refractivity contribution in [2.45, 2.75) is 31.3 Å². The van der Waals surface area contributed by atoms with Crippen molar-refractivity contribution in [1.29, 1.82) is 0 Å². The number of halogens is 1. The van der Waals surface area contributed by atoms with Gasteiger partial charge in [0.1, 0.15) is 12.1 Å². The zero-order valence-electron chi connectivity index (χ0n) is 12.5. The van der Waals surface area contributed by atoms with Crippen LogP contribution in [0.3, 0.4) is 0 Å². The Labute approximate surface area is 135 Å². The summed E-state index contributed by atoms with van der Waals surface area (Å²) in [6.07, 6.45) is 0.379. The molecular weight excluding hydrogens is 323 g/mol. The van der Waals surface area contributed by atoms with Gasteiger partial charge in [-0.25, -0.2) is 0 Å². The number of rotatable bonds is 6. The van der Waals surface area contributed by atoms with Crippen LogP contribution >= 0.6 is 0 Å². The van der Waals surface area contributed by atoms with E-state index < -0.39 is 40.3 Å². The first-order valence-electron chi connectivity index (χ1n) is 7.10. The van der Waals surface area contributed by atoms with E-state index in [0.29, 0.717) is 6.42 Å². The van der Waals surface area contributed by atoms with Gasteiger partial charge in [-0.05, 0) is 18.1 Å². The minimum atomic E-state index is -1.14. The highest BCUT2D eigenvalue weighted by Gasteiger charge is 2.30. The quantitative estimate of drug-likeness (QED) is 0.474. The summed E-state index contributed by atoms with van der Waals surface area (Å²) in [5.41, 5.74) is 4.77. The fourth-order valence-electron chi connectivity index (χ4n) is 2.37. The Kier molecular flexibility index (Phi) is 5.07. The van der Waals surface area contributed by atoms with Gasteiger partial charge >= 0.3 is 5.69 Å². The van der Waals surface area contributed by atoms with Gasteiger partial charge in [0.05, 0.1) is 4.92 Å². The second-order valence-corrected chi connectivity index (χ2v) is 5.37. The molecule has 0 radical (unpaired) electrons. The lowest BCUT2D eigenvalue weighted by Gasteiger charge is -2.18. The first kappa shape index (κ1) is 17.3. The number of nitro groups is 1. The van der Waals surface area contributed by atoms with E-state index in [0.717, 1.165) is 12.1 Å². The molecule has 1 aliphatic rings. The smallest absolute Gasteiger partial charge is 0.305 e. The molecule has 0 saturated carbocycles. The van der Waals surface area contributed by atoms with Gasteiger partial charge in [-0.15, -0.1) is 0 Å². The number of nitrogens with two attached hydrogens (primary N) is 1. The zero-order chi connectivity index (χ0) is 17.9. The average Bonchev–Trinajstić information content (AvgIpc) is 2.94. The number of hydrogen-bond acceptors (Lipinski definition) is 5. The third-order valence-electron chi connectivity index (χ3n) is 3.62. The summed E-state index contributed by atoms with van der Waals surface area (Å²) in [7, 11) is 0. The monoisotopic (exact) mass is 338 g/mol. The number of carbonyl (C=O) groups excluding carboxylic acids is 3. The van der Waals surface area contributed by atoms with Gasteiger partial charge < -0.3 is 16.4 Å². The lowest BCUT2D eigenvalue weighted by molar-refractivity contribution is -0.387. The van der Waals surface area contributed by atoms with Crippen LogP contribution < -0.4 is 16.4 Å². The first-order chi connectivity index (χ1) is 11.3. The van der Waals surface area contributed by atoms with Gasteiger partial charge in [0.2, 0.25) is 23.5 Å². The van der Waals surface area contributed by atoms with Gasteiger partial charge in [-0.2, -0.15) is 4.39 Å². The van der Waals surface area contributed by atoms with E-state index >= 15 is 0 Å². The van der Waals surface area contributed by atoms with Crippen LogP contribution in [0.15, 0.2) is 18.2 Å². The van der Waals surface area contributed by atoms with E-state index in [-0.39, 0.29) is 24.3 Å². The van der Waals surface area contributed by atoms with E-state index in [2.05, 4.69) is 10.6 Å². The van der Waals surface area contributed by atoms with Crippen LogP contribution in [0.1, 0.15) is 18.4 Å². The Bertz CT molecular complexity index is 708. The lowest BCUT2D eigenvalue weighted by Crippen LogP contribution is -2.51. The molecule has 128 valence electrons. The van der Waals surface area contributed by atoms with Crippen LogP contribution in [0, 0.1) is 15.9 Å². The molecule has 0 aromatic heterocycles. The molecule has 4 N–H and O–H groups in total. The maximum Gasteiger partial charge on any atom is 0.305 e. The molecule has 2 rings (SSSR count). The molecule has 0 bridgehead atoms. The molecular formula is C14H15FN4O5. The van der Waals surface area contributed by atoms with Crippen molar-refractivity contribution < 1.29 is 23.7 Å². The number of nitrogens with one attached hydrogen (secondary N) is 2. The van der Waals surface area contributed by atoms with Gasteiger partial charge in [-0.3, -0.25) is 24.5 Å². The van der Waals surface area contributed by atoms with Gasteiger partial charge in [-0.1, -0.05) is 6.07 Å². The molecule has 0 unspecified atom stereocenters. The van der Waals surface area contributed by atoms with Crippen LogP contribution in [0.4, 0.5) is 10.1 Å². The maximum atomic E-state index is 13.3. The van der Waals surface area contributed by atoms with Crippen molar-refractivity contribution in [2.75, 3.05) is 0 Å². The van der Waals surface area contributed by atoms with Crippen LogP contribution in [0.2, 0.25) is 0 Å². The van der Waals surface area contributed by atoms with Crippen LogP contribution in [0.5, 0.6) is 0 Å². The number of nitro benzene ring substituents is 1. The van der Waals surface area contributed by atoms with Crippen molar-refractivity contribution in [1.82, 2.24) is 10.6 Å². The van der Waals surface area contributed by atoms with Gasteiger partial charge in [0, 0.05) is 18.9 Å². The van der Waals surface area contributed by atoms with E-state index in [1.165, 1.54) is 6.07 Å². The molecule has 1 aromatic carbocycles. The number of primary amides is 1. The Hall–Kier alpha value is -3.04. The molecule has 10 heteroatoms. The van der Waals surface area contributed by atoms with E-state index in [1.807, 2.05) is 0 Å². The summed E-state index contributed by atoms with van der Waals surface area (Å²) < 4.78 is 13.3. The third-order valence-corrected chi connectivity index (χ3v) is 3.62. The number of amides is 3. The highest BCUT2D eigenvalue weighted by atomic mass is 19.1. The summed E-state index contributed by atoms with van der Waals surface area (Å²) in [6, 6.07) is 1.27. The number of benzene rings is 1. The Balaban J connectivity index is 2.10. The van der Waals surface area contributed by atoms with Crippen LogP contribution in [-0.4, -0.2) is 34.7 Å². The van der Waals surface area contributed by atoms with Gasteiger partial charge in [0.25, 0.3) is 0 Å². The summed E-state index contributed by atoms with van der Waals surface area (Å²) in [6.45, 7) is 0. The lowest BCUT2D eigenvalue weighted by atomic mass is 10.0. The predicted octanol–water partition coefficient (Wildman–Crippen LogP) is -0.475. The molecule has 0 spiro atoms. The zero-order valence-corrected chi connectivity index (χ0v) is 12.5. The molecule has 24 heavy (non-hydrogen) atoms. The predicted molar refractivity (Wildman–Crippen MR) is 79.0 cm³/mol. The molecule has 1 aromatic rings. The summed E-state index contributed by atoms with van der Waals surface area (Å²) in [5, 5.41) is 15.6. The summed E-state index contributed by atoms with van der Waals surface area (Å²) in [4.78, 5) is 44.5. The van der Waals surface area contributed by atoms with Gasteiger partial charge in [0.15, 0.2) is 0 Å². The topological polar surface area (TPSA) is 144 Å². The first-order valence-corrected chi connectivity index (χ1v) is 7.10. The van der Waals surface area contributed by atoms with Crippen LogP contribution in [0.25, 0.3) is 0 Å². The average molecular weight is 338 g/mol. The standard InChI is InChI=1S/C14H15FN4O5/c15-8-2-1-7(6-11(8)19(23)24)5-10(13(16)21)18-14(22)9-3-4-12(20)17-9/h1-2,6,9-10H,3-5H2,(H2,16,21)(H,17,20)(H,18,22)/t9-,10-/m1/s1. The number of carbonyl (C=O) groups is 3. The van der Waals surface area contributed by atoms with Crippen molar-refractivity contribution in [3.63, 3.8) is 0 Å². The Morgan fingerprint density at radius 3 is 2.75 bits per heavy atom. The second kappa shape index (κ2) is 7.02. The molecule has 1 fully saturated rings. The van der Waals surface area contributed by atoms with Crippen molar-refractivity contribution in [3.8, 4) is 0 Å². The van der Waals surface area contributed by atoms with Crippen LogP contribution in [-0.2, 0) is 20.8 Å². The highest BCUT2D eigenvalue weighted by Crippen LogP contribution is 2.19. The van der Waals surface area contributed by atoms with E-state index in [1.54, 1.807) is 0 Å². The minimum Gasteiger partial charge on any atom is -0.368 e. The Morgan fingerprint density at radius 2 is 2.21 bits per heavy atom. The molecule has 1 saturated heterocycles. The normalized spacial score (nSPS) is 17.9. The molecule has 1 aliphatic heterocycles. The molecule has 3 amide bonds. The number of hydrogen-bond donors (Lipinski definition) is 3. The highest BCUT2D eigenvalue weighted by molar-refractivity contribution is 5.93. The molecule has 9 nitrogen and oxygen atoms in total. The maximum absolute atomic E-state index is 13.3. The fourth-order valence-corrected chi connectivity index (χ4v) is 2.37. The summed E-state index contributed by atoms with van der Waals surface area (Å²) >= 11 is 0. The fraction of sp³-hybridized carbons (Fsp3) is 0.357. The van der Waals surface area contributed by atoms with Crippen molar-refractivity contribution in [2.24, 2.45) is 5.73 Å². The van der Waals surface area contributed by atoms with Crippen molar-refractivity contribution in [3.05, 3.63) is 39.7 Å². The minimum absolute atomic E-state index is 0.136. The SMILES string of the molecule is NC(=O)[C@@H](Cc1ccc(F)c([N+](=O)[O-])c1)NC(=O)[C@H]1CCC(=O)N1. The Morgan fingerprint density at radius 1 is 1.50 bits per heavy atom. The molecule has 2 atom stereocenters. The second-order valence-electron chi connectivity index (χ2n) is 5.37.